The van der Waals surface area contributed by atoms with Crippen molar-refractivity contribution in [2.45, 2.75) is 36.4 Å². The van der Waals surface area contributed by atoms with Crippen molar-refractivity contribution in [3.63, 3.8) is 0 Å². The topological polar surface area (TPSA) is 0 Å². The number of rotatable bonds is 0. The van der Waals surface area contributed by atoms with Crippen LogP contribution in [0.1, 0.15) is 32.1 Å². The first-order valence-corrected chi connectivity index (χ1v) is 6.46. The van der Waals surface area contributed by atoms with Crippen LogP contribution in [-0.2, 0) is 0 Å². The monoisotopic (exact) mass is 230 g/mol. The third kappa shape index (κ3) is 1.42. The molecule has 0 unspecified atom stereocenters. The molecule has 0 N–H and O–H groups in total. The van der Waals surface area contributed by atoms with Crippen LogP contribution in [0.2, 0.25) is 0 Å². The van der Waals surface area contributed by atoms with Gasteiger partial charge in [-0.25, -0.2) is 0 Å². The lowest BCUT2D eigenvalue weighted by Crippen LogP contribution is -2.09. The SMILES string of the molecule is ClC1(Cl)[C@@H]2C[C@@H]3CC=CC[C@H](C3)C[C@H]21. The minimum absolute atomic E-state index is 0.360. The van der Waals surface area contributed by atoms with Crippen molar-refractivity contribution in [2.75, 3.05) is 0 Å². The van der Waals surface area contributed by atoms with Crippen molar-refractivity contribution >= 4 is 23.2 Å². The highest BCUT2D eigenvalue weighted by atomic mass is 35.5. The normalized spacial score (nSPS) is 49.0. The van der Waals surface area contributed by atoms with Gasteiger partial charge in [0.1, 0.15) is 4.33 Å². The van der Waals surface area contributed by atoms with Crippen LogP contribution in [0.4, 0.5) is 0 Å². The summed E-state index contributed by atoms with van der Waals surface area (Å²) >= 11 is 12.6. The van der Waals surface area contributed by atoms with E-state index in [-0.39, 0.29) is 4.33 Å². The molecule has 2 fully saturated rings. The summed E-state index contributed by atoms with van der Waals surface area (Å²) < 4.78 is -0.360. The molecule has 0 radical (unpaired) electrons. The summed E-state index contributed by atoms with van der Waals surface area (Å²) in [5, 5.41) is 0. The minimum atomic E-state index is -0.360. The van der Waals surface area contributed by atoms with E-state index in [1.54, 1.807) is 0 Å². The molecule has 3 aliphatic carbocycles. The van der Waals surface area contributed by atoms with Crippen LogP contribution in [0, 0.1) is 23.7 Å². The Hall–Kier alpha value is 0.320. The molecular weight excluding hydrogens is 215 g/mol. The summed E-state index contributed by atoms with van der Waals surface area (Å²) in [7, 11) is 0. The molecule has 0 aromatic rings. The summed E-state index contributed by atoms with van der Waals surface area (Å²) in [6, 6.07) is 0. The van der Waals surface area contributed by atoms with Gasteiger partial charge in [0, 0.05) is 0 Å². The predicted molar refractivity (Wildman–Crippen MR) is 60.6 cm³/mol. The molecule has 0 spiro atoms. The largest absolute Gasteiger partial charge is 0.124 e. The maximum atomic E-state index is 6.30. The first kappa shape index (κ1) is 9.54. The molecule has 0 aliphatic heterocycles. The van der Waals surface area contributed by atoms with Gasteiger partial charge in [0.15, 0.2) is 0 Å². The lowest BCUT2D eigenvalue weighted by atomic mass is 9.89. The molecular formula is C12H16Cl2. The lowest BCUT2D eigenvalue weighted by molar-refractivity contribution is 0.364. The Balaban J connectivity index is 1.81. The standard InChI is InChI=1S/C12H16Cl2/c13-12(14)10-6-8-3-1-2-4-9(5-8)7-11(10)12/h1-2,8-11H,3-7H2/t8-,9-,10-,11-/m1/s1. The molecule has 0 nitrogen and oxygen atoms in total. The lowest BCUT2D eigenvalue weighted by Gasteiger charge is -2.18. The van der Waals surface area contributed by atoms with Gasteiger partial charge in [-0.3, -0.25) is 0 Å². The van der Waals surface area contributed by atoms with E-state index in [4.69, 9.17) is 23.2 Å². The van der Waals surface area contributed by atoms with Crippen LogP contribution in [0.3, 0.4) is 0 Å². The number of allylic oxidation sites excluding steroid dienone is 2. The maximum Gasteiger partial charge on any atom is 0.124 e. The maximum absolute atomic E-state index is 6.30. The molecule has 14 heavy (non-hydrogen) atoms. The van der Waals surface area contributed by atoms with E-state index in [9.17, 15) is 0 Å². The molecule has 0 aromatic carbocycles. The van der Waals surface area contributed by atoms with Crippen LogP contribution in [0.25, 0.3) is 0 Å². The van der Waals surface area contributed by atoms with Crippen molar-refractivity contribution in [2.24, 2.45) is 23.7 Å². The van der Waals surface area contributed by atoms with E-state index in [1.807, 2.05) is 0 Å². The second-order valence-electron chi connectivity index (χ2n) is 5.27. The fourth-order valence-electron chi connectivity index (χ4n) is 3.45. The zero-order valence-corrected chi connectivity index (χ0v) is 9.77. The van der Waals surface area contributed by atoms with Gasteiger partial charge in [0.2, 0.25) is 0 Å². The van der Waals surface area contributed by atoms with Crippen LogP contribution in [0.15, 0.2) is 12.2 Å². The van der Waals surface area contributed by atoms with E-state index < -0.39 is 0 Å². The van der Waals surface area contributed by atoms with Crippen LogP contribution in [-0.4, -0.2) is 4.33 Å². The summed E-state index contributed by atoms with van der Waals surface area (Å²) in [5.41, 5.74) is 0. The van der Waals surface area contributed by atoms with Crippen LogP contribution >= 0.6 is 23.2 Å². The van der Waals surface area contributed by atoms with Gasteiger partial charge in [0.25, 0.3) is 0 Å². The van der Waals surface area contributed by atoms with E-state index in [1.165, 1.54) is 32.1 Å². The van der Waals surface area contributed by atoms with Gasteiger partial charge < -0.3 is 0 Å². The molecule has 2 saturated carbocycles. The fraction of sp³-hybridized carbons (Fsp3) is 0.833. The van der Waals surface area contributed by atoms with Gasteiger partial charge >= 0.3 is 0 Å². The first-order valence-electron chi connectivity index (χ1n) is 5.70. The average molecular weight is 231 g/mol. The number of fused-ring (bicyclic) bond motifs is 3. The smallest absolute Gasteiger partial charge is 0.101 e. The Labute approximate surface area is 95.7 Å². The van der Waals surface area contributed by atoms with Crippen molar-refractivity contribution in [3.8, 4) is 0 Å². The minimum Gasteiger partial charge on any atom is -0.101 e. The Bertz CT molecular complexity index is 245. The van der Waals surface area contributed by atoms with Crippen molar-refractivity contribution in [1.29, 1.82) is 0 Å². The molecule has 0 aromatic heterocycles. The van der Waals surface area contributed by atoms with E-state index >= 15 is 0 Å². The molecule has 2 bridgehead atoms. The Morgan fingerprint density at radius 2 is 1.36 bits per heavy atom. The molecule has 0 saturated heterocycles. The van der Waals surface area contributed by atoms with E-state index in [2.05, 4.69) is 12.2 Å². The van der Waals surface area contributed by atoms with Crippen LogP contribution in [0.5, 0.6) is 0 Å². The molecule has 0 amide bonds. The van der Waals surface area contributed by atoms with Crippen molar-refractivity contribution in [1.82, 2.24) is 0 Å². The number of halogens is 2. The molecule has 78 valence electrons. The van der Waals surface area contributed by atoms with E-state index in [0.717, 1.165) is 11.8 Å². The molecule has 3 aliphatic rings. The Morgan fingerprint density at radius 1 is 0.857 bits per heavy atom. The Kier molecular flexibility index (Phi) is 2.15. The molecule has 3 rings (SSSR count). The third-order valence-corrected chi connectivity index (χ3v) is 5.43. The van der Waals surface area contributed by atoms with Crippen molar-refractivity contribution < 1.29 is 0 Å². The Morgan fingerprint density at radius 3 is 1.86 bits per heavy atom. The highest BCUT2D eigenvalue weighted by Crippen LogP contribution is 2.66. The summed E-state index contributed by atoms with van der Waals surface area (Å²) in [4.78, 5) is 0. The quantitative estimate of drug-likeness (QED) is 0.433. The van der Waals surface area contributed by atoms with E-state index in [0.29, 0.717) is 11.8 Å². The third-order valence-electron chi connectivity index (χ3n) is 4.31. The summed E-state index contributed by atoms with van der Waals surface area (Å²) in [6.45, 7) is 0. The zero-order valence-electron chi connectivity index (χ0n) is 8.26. The molecule has 4 atom stereocenters. The first-order chi connectivity index (χ1) is 6.68. The summed E-state index contributed by atoms with van der Waals surface area (Å²) in [5.74, 6) is 2.92. The number of hydrogen-bond acceptors (Lipinski definition) is 0. The number of alkyl halides is 2. The van der Waals surface area contributed by atoms with Gasteiger partial charge in [0.05, 0.1) is 0 Å². The van der Waals surface area contributed by atoms with Gasteiger partial charge in [-0.15, -0.1) is 23.2 Å². The van der Waals surface area contributed by atoms with Gasteiger partial charge in [-0.2, -0.15) is 0 Å². The fourth-order valence-corrected chi connectivity index (χ4v) is 4.29. The highest BCUT2D eigenvalue weighted by molar-refractivity contribution is 6.51. The number of hydrogen-bond donors (Lipinski definition) is 0. The van der Waals surface area contributed by atoms with Crippen molar-refractivity contribution in [3.05, 3.63) is 12.2 Å². The van der Waals surface area contributed by atoms with Crippen LogP contribution < -0.4 is 0 Å². The summed E-state index contributed by atoms with van der Waals surface area (Å²) in [6.07, 6.45) is 11.2. The second kappa shape index (κ2) is 3.15. The predicted octanol–water partition coefficient (Wildman–Crippen LogP) is 4.17. The van der Waals surface area contributed by atoms with Gasteiger partial charge in [-0.05, 0) is 55.8 Å². The zero-order chi connectivity index (χ0) is 9.76. The molecule has 0 heterocycles. The molecule has 2 heteroatoms. The highest BCUT2D eigenvalue weighted by Gasteiger charge is 2.63. The second-order valence-corrected chi connectivity index (χ2v) is 6.71. The van der Waals surface area contributed by atoms with Gasteiger partial charge in [-0.1, -0.05) is 12.2 Å². The average Bonchev–Trinajstić information content (AvgIpc) is 2.78.